The zero-order valence-corrected chi connectivity index (χ0v) is 6.82. The average Bonchev–Trinajstić information content (AvgIpc) is 1.98. The number of azide groups is 1. The van der Waals surface area contributed by atoms with Crippen molar-refractivity contribution >= 4 is 23.8 Å². The molecule has 0 heterocycles. The summed E-state index contributed by atoms with van der Waals surface area (Å²) < 4.78 is 0. The summed E-state index contributed by atoms with van der Waals surface area (Å²) in [5.41, 5.74) is 13.9. The fourth-order valence-electron chi connectivity index (χ4n) is 0.646. The predicted molar refractivity (Wildman–Crippen MR) is 48.6 cm³/mol. The highest BCUT2D eigenvalue weighted by atomic mass is 35.5. The molecule has 12 heavy (non-hydrogen) atoms. The highest BCUT2D eigenvalue weighted by molar-refractivity contribution is 5.85. The molecule has 0 amide bonds. The van der Waals surface area contributed by atoms with Crippen molar-refractivity contribution in [2.75, 3.05) is 5.73 Å². The summed E-state index contributed by atoms with van der Waals surface area (Å²) in [5, 5.41) is 12.3. The van der Waals surface area contributed by atoms with E-state index in [9.17, 15) is 0 Å². The molecule has 0 aliphatic heterocycles. The zero-order valence-electron chi connectivity index (χ0n) is 6.01. The van der Waals surface area contributed by atoms with Gasteiger partial charge in [0, 0.05) is 10.6 Å². The molecule has 64 valence electrons. The Morgan fingerprint density at radius 3 is 2.67 bits per heavy atom. The maximum absolute atomic E-state index is 9.02. The quantitative estimate of drug-likeness (QED) is 0.232. The lowest BCUT2D eigenvalue weighted by Crippen LogP contribution is -1.82. The molecule has 5 nitrogen and oxygen atoms in total. The lowest BCUT2D eigenvalue weighted by atomic mass is 10.3. The van der Waals surface area contributed by atoms with E-state index in [1.807, 2.05) is 0 Å². The van der Waals surface area contributed by atoms with Gasteiger partial charge in [0.25, 0.3) is 0 Å². The minimum atomic E-state index is -0.0742. The fraction of sp³-hybridized carbons (Fsp3) is 0. The van der Waals surface area contributed by atoms with E-state index < -0.39 is 0 Å². The summed E-state index contributed by atoms with van der Waals surface area (Å²) >= 11 is 0. The lowest BCUT2D eigenvalue weighted by Gasteiger charge is -1.97. The monoisotopic (exact) mass is 186 g/mol. The Morgan fingerprint density at radius 1 is 1.50 bits per heavy atom. The van der Waals surface area contributed by atoms with E-state index in [2.05, 4.69) is 10.0 Å². The van der Waals surface area contributed by atoms with Gasteiger partial charge in [-0.2, -0.15) is 0 Å². The Hall–Kier alpha value is -1.58. The molecule has 6 heteroatoms. The number of halogens is 1. The number of nitrogens with zero attached hydrogens (tertiary/aromatic N) is 3. The van der Waals surface area contributed by atoms with Crippen molar-refractivity contribution in [2.45, 2.75) is 0 Å². The van der Waals surface area contributed by atoms with Crippen LogP contribution in [0.15, 0.2) is 23.3 Å². The van der Waals surface area contributed by atoms with Gasteiger partial charge in [-0.1, -0.05) is 11.2 Å². The Morgan fingerprint density at radius 2 is 2.17 bits per heavy atom. The summed E-state index contributed by atoms with van der Waals surface area (Å²) in [6, 6.07) is 4.29. The third-order valence-corrected chi connectivity index (χ3v) is 1.17. The number of aromatic hydroxyl groups is 1. The van der Waals surface area contributed by atoms with Crippen LogP contribution in [0.25, 0.3) is 10.4 Å². The van der Waals surface area contributed by atoms with E-state index in [-0.39, 0.29) is 23.8 Å². The Labute approximate surface area is 74.9 Å². The number of nitrogen functional groups attached to an aromatic ring is 1. The number of phenols is 1. The SMILES string of the molecule is Cl.[N-]=[N+]=Nc1ccc(N)c(O)c1. The van der Waals surface area contributed by atoms with Gasteiger partial charge < -0.3 is 10.8 Å². The van der Waals surface area contributed by atoms with Gasteiger partial charge in [0.2, 0.25) is 0 Å². The van der Waals surface area contributed by atoms with E-state index in [0.717, 1.165) is 0 Å². The van der Waals surface area contributed by atoms with Gasteiger partial charge in [0.15, 0.2) is 0 Å². The molecule has 0 saturated carbocycles. The minimum absolute atomic E-state index is 0. The van der Waals surface area contributed by atoms with Crippen LogP contribution in [0.3, 0.4) is 0 Å². The van der Waals surface area contributed by atoms with Crippen LogP contribution < -0.4 is 5.73 Å². The standard InChI is InChI=1S/C6H6N4O.ClH/c7-5-2-1-4(9-10-8)3-6(5)11;/h1-3,11H,7H2;1H. The van der Waals surface area contributed by atoms with Crippen molar-refractivity contribution < 1.29 is 5.11 Å². The first-order valence-corrected chi connectivity index (χ1v) is 2.87. The molecule has 0 radical (unpaired) electrons. The highest BCUT2D eigenvalue weighted by Gasteiger charge is 1.95. The van der Waals surface area contributed by atoms with Crippen LogP contribution in [-0.2, 0) is 0 Å². The van der Waals surface area contributed by atoms with Gasteiger partial charge >= 0.3 is 0 Å². The molecular formula is C6H7ClN4O. The second kappa shape index (κ2) is 4.33. The van der Waals surface area contributed by atoms with Crippen LogP contribution >= 0.6 is 12.4 Å². The van der Waals surface area contributed by atoms with E-state index in [0.29, 0.717) is 5.69 Å². The summed E-state index contributed by atoms with van der Waals surface area (Å²) in [7, 11) is 0. The van der Waals surface area contributed by atoms with Crippen molar-refractivity contribution in [3.05, 3.63) is 28.6 Å². The molecule has 0 fully saturated rings. The van der Waals surface area contributed by atoms with Crippen molar-refractivity contribution in [1.82, 2.24) is 0 Å². The van der Waals surface area contributed by atoms with Crippen LogP contribution in [0.1, 0.15) is 0 Å². The molecule has 0 unspecified atom stereocenters. The highest BCUT2D eigenvalue weighted by Crippen LogP contribution is 2.25. The summed E-state index contributed by atoms with van der Waals surface area (Å²) in [6.07, 6.45) is 0. The molecule has 1 aromatic carbocycles. The lowest BCUT2D eigenvalue weighted by molar-refractivity contribution is 0.478. The summed E-state index contributed by atoms with van der Waals surface area (Å²) in [4.78, 5) is 2.55. The maximum Gasteiger partial charge on any atom is 0.138 e. The second-order valence-electron chi connectivity index (χ2n) is 1.93. The first-order chi connectivity index (χ1) is 5.24. The van der Waals surface area contributed by atoms with Gasteiger partial charge in [-0.15, -0.1) is 12.4 Å². The van der Waals surface area contributed by atoms with Crippen molar-refractivity contribution in [3.8, 4) is 5.75 Å². The maximum atomic E-state index is 9.02. The molecule has 0 spiro atoms. The van der Waals surface area contributed by atoms with Crippen molar-refractivity contribution in [1.29, 1.82) is 0 Å². The smallest absolute Gasteiger partial charge is 0.138 e. The molecule has 0 bridgehead atoms. The first-order valence-electron chi connectivity index (χ1n) is 2.87. The van der Waals surface area contributed by atoms with E-state index in [1.165, 1.54) is 18.2 Å². The molecule has 3 N–H and O–H groups in total. The second-order valence-corrected chi connectivity index (χ2v) is 1.93. The average molecular weight is 187 g/mol. The third kappa shape index (κ3) is 2.23. The predicted octanol–water partition coefficient (Wildman–Crippen LogP) is 2.34. The number of anilines is 1. The van der Waals surface area contributed by atoms with Crippen LogP contribution in [0.4, 0.5) is 11.4 Å². The molecule has 1 aromatic rings. The van der Waals surface area contributed by atoms with Gasteiger partial charge in [-0.05, 0) is 17.7 Å². The topological polar surface area (TPSA) is 95.0 Å². The number of hydrogen-bond acceptors (Lipinski definition) is 3. The van der Waals surface area contributed by atoms with Crippen LogP contribution in [0, 0.1) is 0 Å². The molecule has 0 saturated heterocycles. The van der Waals surface area contributed by atoms with Crippen LogP contribution in [0.2, 0.25) is 0 Å². The van der Waals surface area contributed by atoms with Crippen LogP contribution in [0.5, 0.6) is 5.75 Å². The van der Waals surface area contributed by atoms with Crippen molar-refractivity contribution in [3.63, 3.8) is 0 Å². The van der Waals surface area contributed by atoms with Gasteiger partial charge in [0.1, 0.15) is 5.75 Å². The number of rotatable bonds is 1. The number of phenolic OH excluding ortho intramolecular Hbond substituents is 1. The molecule has 0 aliphatic rings. The number of nitrogens with two attached hydrogens (primary N) is 1. The summed E-state index contributed by atoms with van der Waals surface area (Å²) in [5.74, 6) is -0.0742. The number of benzene rings is 1. The minimum Gasteiger partial charge on any atom is -0.506 e. The normalized spacial score (nSPS) is 8.00. The Bertz CT molecular complexity index is 321. The van der Waals surface area contributed by atoms with Crippen LogP contribution in [-0.4, -0.2) is 5.11 Å². The van der Waals surface area contributed by atoms with E-state index in [4.69, 9.17) is 16.4 Å². The first kappa shape index (κ1) is 10.4. The Kier molecular flexibility index (Phi) is 3.76. The molecule has 0 atom stereocenters. The van der Waals surface area contributed by atoms with Gasteiger partial charge in [-0.3, -0.25) is 0 Å². The fourth-order valence-corrected chi connectivity index (χ4v) is 0.646. The largest absolute Gasteiger partial charge is 0.506 e. The zero-order chi connectivity index (χ0) is 8.27. The third-order valence-electron chi connectivity index (χ3n) is 1.17. The molecule has 0 aromatic heterocycles. The van der Waals surface area contributed by atoms with E-state index in [1.54, 1.807) is 0 Å². The molecular weight excluding hydrogens is 180 g/mol. The van der Waals surface area contributed by atoms with E-state index >= 15 is 0 Å². The van der Waals surface area contributed by atoms with Crippen molar-refractivity contribution in [2.24, 2.45) is 5.11 Å². The Balaban J connectivity index is 0.00000121. The van der Waals surface area contributed by atoms with Gasteiger partial charge in [0.05, 0.1) is 5.69 Å². The molecule has 0 aliphatic carbocycles. The summed E-state index contributed by atoms with van der Waals surface area (Å²) in [6.45, 7) is 0. The van der Waals surface area contributed by atoms with Gasteiger partial charge in [-0.25, -0.2) is 0 Å². The molecule has 1 rings (SSSR count). The number of hydrogen-bond donors (Lipinski definition) is 2.